The highest BCUT2D eigenvalue weighted by molar-refractivity contribution is 5.96. The van der Waals surface area contributed by atoms with Gasteiger partial charge in [-0.3, -0.25) is 9.59 Å². The van der Waals surface area contributed by atoms with Crippen LogP contribution in [0.4, 0.5) is 0 Å². The lowest BCUT2D eigenvalue weighted by Gasteiger charge is -2.25. The number of carboxylic acid groups (broad SMARTS) is 1. The van der Waals surface area contributed by atoms with E-state index in [1.807, 2.05) is 13.0 Å². The third kappa shape index (κ3) is 2.86. The van der Waals surface area contributed by atoms with Gasteiger partial charge >= 0.3 is 5.97 Å². The third-order valence-corrected chi connectivity index (χ3v) is 3.27. The van der Waals surface area contributed by atoms with Gasteiger partial charge in [0, 0.05) is 18.3 Å². The summed E-state index contributed by atoms with van der Waals surface area (Å²) in [5.74, 6) is -1.40. The van der Waals surface area contributed by atoms with Gasteiger partial charge in [-0.25, -0.2) is 9.50 Å². The first-order valence-corrected chi connectivity index (χ1v) is 6.66. The van der Waals surface area contributed by atoms with Crippen molar-refractivity contribution in [2.45, 2.75) is 33.7 Å². The number of aliphatic carboxylic acids is 1. The Balaban J connectivity index is 2.46. The molecular formula is C14H18N4O3. The summed E-state index contributed by atoms with van der Waals surface area (Å²) in [6.45, 7) is 6.83. The van der Waals surface area contributed by atoms with Gasteiger partial charge in [0.15, 0.2) is 5.65 Å². The number of hydrogen-bond acceptors (Lipinski definition) is 4. The van der Waals surface area contributed by atoms with Gasteiger partial charge in [-0.1, -0.05) is 0 Å². The van der Waals surface area contributed by atoms with E-state index in [-0.39, 0.29) is 18.5 Å². The van der Waals surface area contributed by atoms with Crippen LogP contribution in [-0.2, 0) is 4.79 Å². The smallest absolute Gasteiger partial charge is 0.323 e. The summed E-state index contributed by atoms with van der Waals surface area (Å²) in [6.07, 6.45) is 1.48. The fourth-order valence-electron chi connectivity index (χ4n) is 2.16. The van der Waals surface area contributed by atoms with Crippen molar-refractivity contribution in [2.24, 2.45) is 0 Å². The molecule has 0 saturated heterocycles. The van der Waals surface area contributed by atoms with E-state index in [2.05, 4.69) is 10.1 Å². The van der Waals surface area contributed by atoms with E-state index in [9.17, 15) is 9.59 Å². The number of amides is 1. The molecule has 2 aromatic heterocycles. The third-order valence-electron chi connectivity index (χ3n) is 3.27. The maximum Gasteiger partial charge on any atom is 0.323 e. The van der Waals surface area contributed by atoms with Crippen LogP contribution in [0.2, 0.25) is 0 Å². The Morgan fingerprint density at radius 1 is 1.38 bits per heavy atom. The lowest BCUT2D eigenvalue weighted by molar-refractivity contribution is -0.138. The van der Waals surface area contributed by atoms with E-state index in [0.29, 0.717) is 16.9 Å². The lowest BCUT2D eigenvalue weighted by Crippen LogP contribution is -2.41. The number of aromatic nitrogens is 3. The van der Waals surface area contributed by atoms with Crippen molar-refractivity contribution in [3.8, 4) is 0 Å². The molecular weight excluding hydrogens is 272 g/mol. The van der Waals surface area contributed by atoms with Crippen LogP contribution in [0.15, 0.2) is 12.3 Å². The van der Waals surface area contributed by atoms with Crippen molar-refractivity contribution in [3.63, 3.8) is 0 Å². The van der Waals surface area contributed by atoms with Gasteiger partial charge in [0.2, 0.25) is 0 Å². The molecule has 2 rings (SSSR count). The monoisotopic (exact) mass is 290 g/mol. The predicted molar refractivity (Wildman–Crippen MR) is 76.3 cm³/mol. The van der Waals surface area contributed by atoms with Crippen LogP contribution in [0.25, 0.3) is 5.65 Å². The van der Waals surface area contributed by atoms with E-state index in [4.69, 9.17) is 5.11 Å². The molecule has 7 nitrogen and oxygen atoms in total. The molecule has 0 spiro atoms. The molecule has 0 aromatic carbocycles. The van der Waals surface area contributed by atoms with Crippen LogP contribution in [0, 0.1) is 13.8 Å². The molecule has 0 atom stereocenters. The number of carboxylic acids is 1. The van der Waals surface area contributed by atoms with E-state index >= 15 is 0 Å². The molecule has 0 unspecified atom stereocenters. The Morgan fingerprint density at radius 2 is 2.05 bits per heavy atom. The van der Waals surface area contributed by atoms with Crippen molar-refractivity contribution >= 4 is 17.5 Å². The van der Waals surface area contributed by atoms with Crippen molar-refractivity contribution in [1.82, 2.24) is 19.5 Å². The average molecular weight is 290 g/mol. The second kappa shape index (κ2) is 5.51. The highest BCUT2D eigenvalue weighted by Crippen LogP contribution is 2.14. The van der Waals surface area contributed by atoms with Crippen molar-refractivity contribution in [3.05, 3.63) is 29.2 Å². The van der Waals surface area contributed by atoms with E-state index in [1.54, 1.807) is 25.3 Å². The first-order chi connectivity index (χ1) is 9.81. The van der Waals surface area contributed by atoms with Gasteiger partial charge in [-0.05, 0) is 27.7 Å². The highest BCUT2D eigenvalue weighted by atomic mass is 16.4. The Hall–Kier alpha value is -2.44. The maximum absolute atomic E-state index is 12.6. The number of aryl methyl sites for hydroxylation is 2. The average Bonchev–Trinajstić information content (AvgIpc) is 2.77. The van der Waals surface area contributed by atoms with Gasteiger partial charge in [-0.15, -0.1) is 0 Å². The molecule has 0 aliphatic heterocycles. The van der Waals surface area contributed by atoms with E-state index in [0.717, 1.165) is 5.69 Å². The van der Waals surface area contributed by atoms with Gasteiger partial charge < -0.3 is 10.0 Å². The van der Waals surface area contributed by atoms with Gasteiger partial charge in [0.05, 0.1) is 17.0 Å². The van der Waals surface area contributed by atoms with Crippen LogP contribution in [0.3, 0.4) is 0 Å². The van der Waals surface area contributed by atoms with Gasteiger partial charge in [-0.2, -0.15) is 5.10 Å². The van der Waals surface area contributed by atoms with Crippen LogP contribution >= 0.6 is 0 Å². The van der Waals surface area contributed by atoms with E-state index in [1.165, 1.54) is 11.1 Å². The summed E-state index contributed by atoms with van der Waals surface area (Å²) < 4.78 is 1.60. The molecule has 2 aromatic rings. The normalized spacial score (nSPS) is 11.1. The van der Waals surface area contributed by atoms with Crippen molar-refractivity contribution in [2.75, 3.05) is 6.54 Å². The summed E-state index contributed by atoms with van der Waals surface area (Å²) in [6, 6.07) is 1.60. The zero-order valence-electron chi connectivity index (χ0n) is 12.5. The predicted octanol–water partition coefficient (Wildman–Crippen LogP) is 1.28. The van der Waals surface area contributed by atoms with Crippen LogP contribution < -0.4 is 0 Å². The molecule has 0 aliphatic carbocycles. The molecule has 2 heterocycles. The van der Waals surface area contributed by atoms with Gasteiger partial charge in [0.1, 0.15) is 6.54 Å². The summed E-state index contributed by atoms with van der Waals surface area (Å²) >= 11 is 0. The zero-order valence-corrected chi connectivity index (χ0v) is 12.5. The standard InChI is InChI=1S/C14H18N4O3/c1-8(2)17(7-13(19)20)14(21)11-6-15-12-5-9(3)16-18(12)10(11)4/h5-6,8H,7H2,1-4H3,(H,19,20). The molecule has 0 radical (unpaired) electrons. The quantitative estimate of drug-likeness (QED) is 0.916. The molecule has 0 aliphatic rings. The zero-order chi connectivity index (χ0) is 15.7. The molecule has 0 bridgehead atoms. The summed E-state index contributed by atoms with van der Waals surface area (Å²) in [5, 5.41) is 13.2. The fraction of sp³-hybridized carbons (Fsp3) is 0.429. The first kappa shape index (κ1) is 15.0. The Bertz CT molecular complexity index is 706. The molecule has 21 heavy (non-hydrogen) atoms. The summed E-state index contributed by atoms with van der Waals surface area (Å²) in [5.41, 5.74) is 2.48. The van der Waals surface area contributed by atoms with Crippen molar-refractivity contribution < 1.29 is 14.7 Å². The minimum atomic E-state index is -1.04. The van der Waals surface area contributed by atoms with Crippen molar-refractivity contribution in [1.29, 1.82) is 0 Å². The topological polar surface area (TPSA) is 87.8 Å². The Morgan fingerprint density at radius 3 is 2.62 bits per heavy atom. The molecule has 112 valence electrons. The largest absolute Gasteiger partial charge is 0.480 e. The first-order valence-electron chi connectivity index (χ1n) is 6.66. The van der Waals surface area contributed by atoms with Gasteiger partial charge in [0.25, 0.3) is 5.91 Å². The molecule has 0 saturated carbocycles. The highest BCUT2D eigenvalue weighted by Gasteiger charge is 2.24. The molecule has 7 heteroatoms. The molecule has 0 fully saturated rings. The summed E-state index contributed by atoms with van der Waals surface area (Å²) in [7, 11) is 0. The number of carbonyl (C=O) groups excluding carboxylic acids is 1. The fourth-order valence-corrected chi connectivity index (χ4v) is 2.16. The summed E-state index contributed by atoms with van der Waals surface area (Å²) in [4.78, 5) is 29.0. The molecule has 1 N–H and O–H groups in total. The second-order valence-corrected chi connectivity index (χ2v) is 5.23. The van der Waals surface area contributed by atoms with E-state index < -0.39 is 5.97 Å². The number of hydrogen-bond donors (Lipinski definition) is 1. The maximum atomic E-state index is 12.6. The van der Waals surface area contributed by atoms with Crippen LogP contribution in [0.1, 0.15) is 35.6 Å². The second-order valence-electron chi connectivity index (χ2n) is 5.23. The number of fused-ring (bicyclic) bond motifs is 1. The lowest BCUT2D eigenvalue weighted by atomic mass is 10.2. The molecule has 1 amide bonds. The van der Waals surface area contributed by atoms with Crippen LogP contribution in [0.5, 0.6) is 0 Å². The minimum Gasteiger partial charge on any atom is -0.480 e. The number of rotatable bonds is 4. The van der Waals surface area contributed by atoms with Crippen LogP contribution in [-0.4, -0.2) is 49.1 Å². The number of nitrogens with zero attached hydrogens (tertiary/aromatic N) is 4. The Labute approximate surface area is 122 Å². The number of carbonyl (C=O) groups is 2. The SMILES string of the molecule is Cc1cc2ncc(C(=O)N(CC(=O)O)C(C)C)c(C)n2n1. The minimum absolute atomic E-state index is 0.219. The Kier molecular flexibility index (Phi) is 3.93.